The number of aliphatic hydroxyl groups excluding tert-OH is 1. The van der Waals surface area contributed by atoms with Crippen LogP contribution in [-0.4, -0.2) is 16.8 Å². The molecule has 0 aliphatic rings. The van der Waals surface area contributed by atoms with Gasteiger partial charge in [-0.2, -0.15) is 0 Å². The minimum absolute atomic E-state index is 0.000547. The van der Waals surface area contributed by atoms with E-state index in [9.17, 15) is 4.79 Å². The van der Waals surface area contributed by atoms with Crippen molar-refractivity contribution in [3.63, 3.8) is 0 Å². The number of alkyl halides is 1. The van der Waals surface area contributed by atoms with Gasteiger partial charge in [0, 0.05) is 6.42 Å². The number of hydrogen-bond acceptors (Lipinski definition) is 2. The molecule has 0 radical (unpaired) electrons. The zero-order chi connectivity index (χ0) is 10.6. The molecule has 76 valence electrons. The molecule has 0 aliphatic carbocycles. The zero-order valence-electron chi connectivity index (χ0n) is 8.09. The third-order valence-electron chi connectivity index (χ3n) is 2.13. The number of hydrogen-bond donors (Lipinski definition) is 1. The molecule has 0 saturated heterocycles. The number of aliphatic hydroxyl groups is 1. The van der Waals surface area contributed by atoms with Crippen molar-refractivity contribution < 1.29 is 9.90 Å². The van der Waals surface area contributed by atoms with Crippen molar-refractivity contribution in [3.05, 3.63) is 34.9 Å². The summed E-state index contributed by atoms with van der Waals surface area (Å²) in [6.07, 6.45) is 0.344. The molecule has 14 heavy (non-hydrogen) atoms. The molecule has 0 spiro atoms. The van der Waals surface area contributed by atoms with Gasteiger partial charge in [0.05, 0.1) is 12.5 Å². The molecule has 0 atom stereocenters. The summed E-state index contributed by atoms with van der Waals surface area (Å²) in [5, 5.41) is 9.02. The molecule has 0 fully saturated rings. The molecule has 0 unspecified atom stereocenters. The largest absolute Gasteiger partial charge is 0.392 e. The van der Waals surface area contributed by atoms with E-state index in [1.165, 1.54) is 0 Å². The number of carbonyl (C=O) groups is 1. The molecule has 1 rings (SSSR count). The molecular formula is C11H13ClO2. The molecule has 2 nitrogen and oxygen atoms in total. The zero-order valence-corrected chi connectivity index (χ0v) is 8.84. The second kappa shape index (κ2) is 5.13. The van der Waals surface area contributed by atoms with Gasteiger partial charge in [0.15, 0.2) is 5.78 Å². The summed E-state index contributed by atoms with van der Waals surface area (Å²) < 4.78 is 0. The van der Waals surface area contributed by atoms with Gasteiger partial charge in [-0.1, -0.05) is 18.2 Å². The molecule has 0 amide bonds. The Hall–Kier alpha value is -0.860. The van der Waals surface area contributed by atoms with Crippen LogP contribution in [0.15, 0.2) is 18.2 Å². The van der Waals surface area contributed by atoms with Crippen LogP contribution < -0.4 is 0 Å². The number of Topliss-reactive ketones (excluding diaryl/α,β-unsaturated/α-hetero) is 1. The van der Waals surface area contributed by atoms with Crippen LogP contribution >= 0.6 is 11.6 Å². The molecule has 1 N–H and O–H groups in total. The van der Waals surface area contributed by atoms with Gasteiger partial charge in [-0.3, -0.25) is 4.79 Å². The Morgan fingerprint density at radius 2 is 2.21 bits per heavy atom. The average molecular weight is 213 g/mol. The molecular weight excluding hydrogens is 200 g/mol. The van der Waals surface area contributed by atoms with E-state index in [2.05, 4.69) is 0 Å². The van der Waals surface area contributed by atoms with Crippen LogP contribution in [0, 0.1) is 6.92 Å². The Morgan fingerprint density at radius 3 is 2.79 bits per heavy atom. The van der Waals surface area contributed by atoms with Gasteiger partial charge in [-0.15, -0.1) is 11.6 Å². The normalized spacial score (nSPS) is 10.2. The third kappa shape index (κ3) is 2.82. The van der Waals surface area contributed by atoms with Gasteiger partial charge in [0.1, 0.15) is 0 Å². The van der Waals surface area contributed by atoms with Crippen LogP contribution in [0.3, 0.4) is 0 Å². The predicted octanol–water partition coefficient (Wildman–Crippen LogP) is 1.84. The maximum Gasteiger partial charge on any atom is 0.151 e. The van der Waals surface area contributed by atoms with Gasteiger partial charge >= 0.3 is 0 Å². The Kier molecular flexibility index (Phi) is 4.11. The monoisotopic (exact) mass is 212 g/mol. The lowest BCUT2D eigenvalue weighted by molar-refractivity contribution is -0.116. The highest BCUT2D eigenvalue weighted by Gasteiger charge is 2.04. The van der Waals surface area contributed by atoms with Crippen LogP contribution in [-0.2, 0) is 17.8 Å². The standard InChI is InChI=1S/C11H13ClO2/c1-8-2-3-9(4-10(8)7-13)5-11(14)6-12/h2-4,13H,5-7H2,1H3. The quantitative estimate of drug-likeness (QED) is 0.774. The summed E-state index contributed by atoms with van der Waals surface area (Å²) in [6, 6.07) is 5.64. The van der Waals surface area contributed by atoms with Crippen LogP contribution in [0.4, 0.5) is 0 Å². The number of rotatable bonds is 4. The van der Waals surface area contributed by atoms with Crippen molar-refractivity contribution in [2.45, 2.75) is 20.0 Å². The lowest BCUT2D eigenvalue weighted by Crippen LogP contribution is -2.04. The fraction of sp³-hybridized carbons (Fsp3) is 0.364. The Morgan fingerprint density at radius 1 is 1.50 bits per heavy atom. The lowest BCUT2D eigenvalue weighted by Gasteiger charge is -2.05. The molecule has 0 bridgehead atoms. The third-order valence-corrected chi connectivity index (χ3v) is 2.43. The smallest absolute Gasteiger partial charge is 0.151 e. The molecule has 3 heteroatoms. The van der Waals surface area contributed by atoms with E-state index >= 15 is 0 Å². The van der Waals surface area contributed by atoms with E-state index in [1.54, 1.807) is 0 Å². The van der Waals surface area contributed by atoms with Gasteiger partial charge in [-0.25, -0.2) is 0 Å². The van der Waals surface area contributed by atoms with Gasteiger partial charge < -0.3 is 5.11 Å². The second-order valence-corrected chi connectivity index (χ2v) is 3.54. The summed E-state index contributed by atoms with van der Waals surface area (Å²) in [4.78, 5) is 11.1. The number of benzene rings is 1. The van der Waals surface area contributed by atoms with Crippen molar-refractivity contribution in [3.8, 4) is 0 Å². The van der Waals surface area contributed by atoms with Crippen molar-refractivity contribution >= 4 is 17.4 Å². The van der Waals surface area contributed by atoms with Crippen LogP contribution in [0.2, 0.25) is 0 Å². The molecule has 0 heterocycles. The van der Waals surface area contributed by atoms with Crippen molar-refractivity contribution in [2.24, 2.45) is 0 Å². The first kappa shape index (κ1) is 11.2. The fourth-order valence-electron chi connectivity index (χ4n) is 1.28. The van der Waals surface area contributed by atoms with Crippen LogP contribution in [0.25, 0.3) is 0 Å². The summed E-state index contributed by atoms with van der Waals surface area (Å²) >= 11 is 5.41. The van der Waals surface area contributed by atoms with Crippen molar-refractivity contribution in [1.82, 2.24) is 0 Å². The van der Waals surface area contributed by atoms with Crippen molar-refractivity contribution in [2.75, 3.05) is 5.88 Å². The number of aryl methyl sites for hydroxylation is 1. The Balaban J connectivity index is 2.84. The summed E-state index contributed by atoms with van der Waals surface area (Å²) in [5.74, 6) is 0.0434. The first-order valence-corrected chi connectivity index (χ1v) is 4.97. The Bertz CT molecular complexity index is 334. The first-order valence-electron chi connectivity index (χ1n) is 4.44. The maximum absolute atomic E-state index is 11.1. The van der Waals surface area contributed by atoms with Crippen molar-refractivity contribution in [1.29, 1.82) is 0 Å². The molecule has 0 saturated carbocycles. The van der Waals surface area contributed by atoms with Gasteiger partial charge in [-0.05, 0) is 23.6 Å². The molecule has 1 aromatic rings. The molecule has 1 aromatic carbocycles. The van der Waals surface area contributed by atoms with E-state index in [4.69, 9.17) is 16.7 Å². The first-order chi connectivity index (χ1) is 6.67. The summed E-state index contributed by atoms with van der Waals surface area (Å²) in [7, 11) is 0. The summed E-state index contributed by atoms with van der Waals surface area (Å²) in [6.45, 7) is 1.94. The molecule has 0 aromatic heterocycles. The topological polar surface area (TPSA) is 37.3 Å². The number of carbonyl (C=O) groups excluding carboxylic acids is 1. The minimum atomic E-state index is -0.000547. The van der Waals surface area contributed by atoms with E-state index in [0.29, 0.717) is 6.42 Å². The SMILES string of the molecule is Cc1ccc(CC(=O)CCl)cc1CO. The number of ketones is 1. The number of halogens is 1. The maximum atomic E-state index is 11.1. The minimum Gasteiger partial charge on any atom is -0.392 e. The highest BCUT2D eigenvalue weighted by molar-refractivity contribution is 6.27. The molecule has 0 aliphatic heterocycles. The van der Waals surface area contributed by atoms with E-state index in [0.717, 1.165) is 16.7 Å². The van der Waals surface area contributed by atoms with E-state index < -0.39 is 0 Å². The average Bonchev–Trinajstić information content (AvgIpc) is 2.20. The Labute approximate surface area is 88.5 Å². The highest BCUT2D eigenvalue weighted by atomic mass is 35.5. The van der Waals surface area contributed by atoms with Gasteiger partial charge in [0.2, 0.25) is 0 Å². The second-order valence-electron chi connectivity index (χ2n) is 3.27. The van der Waals surface area contributed by atoms with Crippen LogP contribution in [0.1, 0.15) is 16.7 Å². The predicted molar refractivity (Wildman–Crippen MR) is 56.5 cm³/mol. The highest BCUT2D eigenvalue weighted by Crippen LogP contribution is 2.12. The fourth-order valence-corrected chi connectivity index (χ4v) is 1.37. The van der Waals surface area contributed by atoms with Crippen LogP contribution in [0.5, 0.6) is 0 Å². The summed E-state index contributed by atoms with van der Waals surface area (Å²) in [5.41, 5.74) is 2.81. The van der Waals surface area contributed by atoms with E-state index in [-0.39, 0.29) is 18.3 Å². The lowest BCUT2D eigenvalue weighted by atomic mass is 10.0. The van der Waals surface area contributed by atoms with E-state index in [1.807, 2.05) is 25.1 Å². The van der Waals surface area contributed by atoms with Gasteiger partial charge in [0.25, 0.3) is 0 Å².